The zero-order chi connectivity index (χ0) is 18.6. The highest BCUT2D eigenvalue weighted by atomic mass is 16.5. The lowest BCUT2D eigenvalue weighted by Gasteiger charge is -2.18. The second-order valence-electron chi connectivity index (χ2n) is 7.06. The number of carbonyl (C=O) groups excluding carboxylic acids is 1. The van der Waals surface area contributed by atoms with Crippen LogP contribution >= 0.6 is 0 Å². The van der Waals surface area contributed by atoms with Crippen LogP contribution in [0, 0.1) is 0 Å². The van der Waals surface area contributed by atoms with Gasteiger partial charge in [-0.3, -0.25) is 4.79 Å². The molecule has 1 aromatic carbocycles. The maximum Gasteiger partial charge on any atom is 0.261 e. The molecule has 0 N–H and O–H groups in total. The van der Waals surface area contributed by atoms with E-state index in [9.17, 15) is 4.79 Å². The van der Waals surface area contributed by atoms with Gasteiger partial charge in [0.15, 0.2) is 5.82 Å². The highest BCUT2D eigenvalue weighted by molar-refractivity contribution is 5.76. The van der Waals surface area contributed by atoms with Gasteiger partial charge in [0, 0.05) is 38.5 Å². The van der Waals surface area contributed by atoms with E-state index in [1.165, 1.54) is 0 Å². The number of rotatable bonds is 5. The van der Waals surface area contributed by atoms with Crippen molar-refractivity contribution in [2.24, 2.45) is 0 Å². The summed E-state index contributed by atoms with van der Waals surface area (Å²) >= 11 is 0. The molecule has 1 amide bonds. The second kappa shape index (κ2) is 8.08. The molecule has 7 heteroatoms. The zero-order valence-corrected chi connectivity index (χ0v) is 15.6. The Balaban J connectivity index is 1.49. The Kier molecular flexibility index (Phi) is 5.38. The van der Waals surface area contributed by atoms with E-state index in [1.807, 2.05) is 36.1 Å². The third kappa shape index (κ3) is 3.98. The number of ether oxygens (including phenoxy) is 2. The van der Waals surface area contributed by atoms with Crippen molar-refractivity contribution < 1.29 is 18.8 Å². The summed E-state index contributed by atoms with van der Waals surface area (Å²) in [6, 6.07) is 7.71. The van der Waals surface area contributed by atoms with E-state index in [4.69, 9.17) is 14.0 Å². The Hall–Kier alpha value is -2.41. The first-order valence-corrected chi connectivity index (χ1v) is 9.69. The molecule has 2 aliphatic heterocycles. The normalized spacial score (nSPS) is 20.8. The third-order valence-corrected chi connectivity index (χ3v) is 5.24. The summed E-state index contributed by atoms with van der Waals surface area (Å²) in [4.78, 5) is 18.4. The summed E-state index contributed by atoms with van der Waals surface area (Å²) in [6.45, 7) is 4.73. The molecule has 3 heterocycles. The summed E-state index contributed by atoms with van der Waals surface area (Å²) in [5.41, 5.74) is 0.795. The minimum atomic E-state index is -0.0143. The molecule has 2 aromatic rings. The zero-order valence-electron chi connectivity index (χ0n) is 15.6. The molecule has 0 radical (unpaired) electrons. The van der Waals surface area contributed by atoms with Crippen molar-refractivity contribution in [2.45, 2.75) is 44.6 Å². The van der Waals surface area contributed by atoms with Crippen molar-refractivity contribution in [2.75, 3.05) is 26.3 Å². The lowest BCUT2D eigenvalue weighted by molar-refractivity contribution is -0.130. The molecule has 0 aliphatic carbocycles. The van der Waals surface area contributed by atoms with Gasteiger partial charge in [0.2, 0.25) is 5.91 Å². The standard InChI is InChI=1S/C20H25N3O4/c1-2-18(24)23-10-7-15(13-23)26-17-6-4-3-5-16(17)20-21-19(22-27-20)14-8-11-25-12-9-14/h3-6,14-15H,2,7-13H2,1H3. The van der Waals surface area contributed by atoms with Gasteiger partial charge in [0.25, 0.3) is 5.89 Å². The summed E-state index contributed by atoms with van der Waals surface area (Å²) in [6.07, 6.45) is 3.18. The van der Waals surface area contributed by atoms with Crippen LogP contribution in [0.2, 0.25) is 0 Å². The van der Waals surface area contributed by atoms with Gasteiger partial charge in [-0.05, 0) is 25.0 Å². The van der Waals surface area contributed by atoms with Crippen LogP contribution in [0.1, 0.15) is 44.3 Å². The summed E-state index contributed by atoms with van der Waals surface area (Å²) in [5.74, 6) is 2.39. The van der Waals surface area contributed by atoms with Crippen molar-refractivity contribution in [3.05, 3.63) is 30.1 Å². The smallest absolute Gasteiger partial charge is 0.261 e. The predicted molar refractivity (Wildman–Crippen MR) is 98.4 cm³/mol. The number of hydrogen-bond donors (Lipinski definition) is 0. The van der Waals surface area contributed by atoms with Crippen molar-refractivity contribution in [3.8, 4) is 17.2 Å². The number of likely N-dealkylation sites (tertiary alicyclic amines) is 1. The minimum absolute atomic E-state index is 0.0143. The molecular formula is C20H25N3O4. The quantitative estimate of drug-likeness (QED) is 0.804. The SMILES string of the molecule is CCC(=O)N1CCC(Oc2ccccc2-c2nc(C3CCOCC3)no2)C1. The molecule has 7 nitrogen and oxygen atoms in total. The van der Waals surface area contributed by atoms with Gasteiger partial charge in [-0.1, -0.05) is 24.2 Å². The highest BCUT2D eigenvalue weighted by Crippen LogP contribution is 2.33. The molecule has 0 bridgehead atoms. The van der Waals surface area contributed by atoms with Crippen LogP contribution < -0.4 is 4.74 Å². The molecule has 144 valence electrons. The fourth-order valence-corrected chi connectivity index (χ4v) is 3.67. The van der Waals surface area contributed by atoms with Gasteiger partial charge < -0.3 is 18.9 Å². The minimum Gasteiger partial charge on any atom is -0.488 e. The Morgan fingerprint density at radius 3 is 2.89 bits per heavy atom. The molecule has 0 spiro atoms. The largest absolute Gasteiger partial charge is 0.488 e. The van der Waals surface area contributed by atoms with Crippen LogP contribution in [0.3, 0.4) is 0 Å². The lowest BCUT2D eigenvalue weighted by atomic mass is 10.00. The third-order valence-electron chi connectivity index (χ3n) is 5.24. The predicted octanol–water partition coefficient (Wildman–Crippen LogP) is 3.02. The second-order valence-corrected chi connectivity index (χ2v) is 7.06. The molecule has 0 saturated carbocycles. The average Bonchev–Trinajstić information content (AvgIpc) is 3.38. The van der Waals surface area contributed by atoms with Crippen LogP contribution in [0.25, 0.3) is 11.5 Å². The molecular weight excluding hydrogens is 346 g/mol. The van der Waals surface area contributed by atoms with Gasteiger partial charge in [-0.15, -0.1) is 0 Å². The van der Waals surface area contributed by atoms with Gasteiger partial charge in [0.1, 0.15) is 11.9 Å². The number of benzene rings is 1. The maximum atomic E-state index is 11.9. The van der Waals surface area contributed by atoms with Crippen molar-refractivity contribution in [1.82, 2.24) is 15.0 Å². The van der Waals surface area contributed by atoms with E-state index < -0.39 is 0 Å². The van der Waals surface area contributed by atoms with Gasteiger partial charge in [0.05, 0.1) is 12.1 Å². The van der Waals surface area contributed by atoms with Crippen LogP contribution in [0.4, 0.5) is 0 Å². The summed E-state index contributed by atoms with van der Waals surface area (Å²) in [7, 11) is 0. The first kappa shape index (κ1) is 18.0. The van der Waals surface area contributed by atoms with Crippen molar-refractivity contribution >= 4 is 5.91 Å². The van der Waals surface area contributed by atoms with E-state index in [2.05, 4.69) is 10.1 Å². The first-order chi connectivity index (χ1) is 13.2. The van der Waals surface area contributed by atoms with Crippen molar-refractivity contribution in [3.63, 3.8) is 0 Å². The Labute approximate surface area is 158 Å². The molecule has 1 unspecified atom stereocenters. The monoisotopic (exact) mass is 371 g/mol. The van der Waals surface area contributed by atoms with Gasteiger partial charge >= 0.3 is 0 Å². The molecule has 4 rings (SSSR count). The van der Waals surface area contributed by atoms with Crippen molar-refractivity contribution in [1.29, 1.82) is 0 Å². The lowest BCUT2D eigenvalue weighted by Crippen LogP contribution is -2.30. The Morgan fingerprint density at radius 2 is 2.07 bits per heavy atom. The number of hydrogen-bond acceptors (Lipinski definition) is 6. The number of carbonyl (C=O) groups is 1. The van der Waals surface area contributed by atoms with E-state index >= 15 is 0 Å². The number of nitrogens with zero attached hydrogens (tertiary/aromatic N) is 3. The molecule has 2 saturated heterocycles. The molecule has 1 atom stereocenters. The molecule has 2 fully saturated rings. The van der Waals surface area contributed by atoms with E-state index in [0.29, 0.717) is 18.9 Å². The Bertz CT molecular complexity index is 785. The van der Waals surface area contributed by atoms with E-state index in [1.54, 1.807) is 0 Å². The fraction of sp³-hybridized carbons (Fsp3) is 0.550. The maximum absolute atomic E-state index is 11.9. The first-order valence-electron chi connectivity index (χ1n) is 9.69. The molecule has 2 aliphatic rings. The molecule has 1 aromatic heterocycles. The van der Waals surface area contributed by atoms with Crippen LogP contribution in [-0.2, 0) is 9.53 Å². The average molecular weight is 371 g/mol. The number of amides is 1. The van der Waals surface area contributed by atoms with Gasteiger partial charge in [-0.25, -0.2) is 0 Å². The van der Waals surface area contributed by atoms with Gasteiger partial charge in [-0.2, -0.15) is 4.98 Å². The highest BCUT2D eigenvalue weighted by Gasteiger charge is 2.28. The van der Waals surface area contributed by atoms with E-state index in [0.717, 1.165) is 56.2 Å². The molecule has 27 heavy (non-hydrogen) atoms. The van der Waals surface area contributed by atoms with Crippen LogP contribution in [0.5, 0.6) is 5.75 Å². The van der Waals surface area contributed by atoms with E-state index in [-0.39, 0.29) is 17.9 Å². The van der Waals surface area contributed by atoms with Crippen LogP contribution in [0.15, 0.2) is 28.8 Å². The summed E-state index contributed by atoms with van der Waals surface area (Å²) < 4.78 is 17.1. The fourth-order valence-electron chi connectivity index (χ4n) is 3.67. The Morgan fingerprint density at radius 1 is 1.26 bits per heavy atom. The topological polar surface area (TPSA) is 77.7 Å². The summed E-state index contributed by atoms with van der Waals surface area (Å²) in [5, 5.41) is 4.19. The number of para-hydroxylation sites is 1. The number of aromatic nitrogens is 2. The van der Waals surface area contributed by atoms with Crippen LogP contribution in [-0.4, -0.2) is 53.4 Å².